The van der Waals surface area contributed by atoms with Crippen LogP contribution < -0.4 is 14.8 Å². The highest BCUT2D eigenvalue weighted by molar-refractivity contribution is 7.14. The zero-order chi connectivity index (χ0) is 20.4. The molecule has 29 heavy (non-hydrogen) atoms. The topological polar surface area (TPSA) is 67.9 Å². The molecule has 1 aliphatic heterocycles. The number of benzene rings is 1. The molecule has 6 nitrogen and oxygen atoms in total. The molecule has 1 aliphatic carbocycles. The summed E-state index contributed by atoms with van der Waals surface area (Å²) in [6.45, 7) is 1.71. The van der Waals surface area contributed by atoms with Crippen LogP contribution in [0.25, 0.3) is 0 Å². The van der Waals surface area contributed by atoms with Crippen molar-refractivity contribution in [3.8, 4) is 11.5 Å². The third kappa shape index (κ3) is 4.10. The van der Waals surface area contributed by atoms with E-state index in [2.05, 4.69) is 5.32 Å². The second-order valence-corrected chi connectivity index (χ2v) is 8.69. The van der Waals surface area contributed by atoms with Crippen LogP contribution in [0.1, 0.15) is 39.4 Å². The summed E-state index contributed by atoms with van der Waals surface area (Å²) in [6, 6.07) is 7.35. The lowest BCUT2D eigenvalue weighted by molar-refractivity contribution is -0.120. The zero-order valence-corrected chi connectivity index (χ0v) is 17.6. The van der Waals surface area contributed by atoms with Crippen molar-refractivity contribution < 1.29 is 19.1 Å². The Morgan fingerprint density at radius 1 is 1.14 bits per heavy atom. The number of nitrogens with one attached hydrogen (secondary N) is 1. The monoisotopic (exact) mass is 414 g/mol. The van der Waals surface area contributed by atoms with E-state index in [0.717, 1.165) is 49.2 Å². The van der Waals surface area contributed by atoms with Gasteiger partial charge in [0.15, 0.2) is 0 Å². The fourth-order valence-electron chi connectivity index (χ4n) is 4.07. The lowest BCUT2D eigenvalue weighted by Gasteiger charge is -2.22. The fraction of sp³-hybridized carbons (Fsp3) is 0.455. The summed E-state index contributed by atoms with van der Waals surface area (Å²) in [7, 11) is 3.16. The molecule has 2 amide bonds. The summed E-state index contributed by atoms with van der Waals surface area (Å²) in [5.41, 5.74) is 1.78. The maximum atomic E-state index is 12.9. The highest BCUT2D eigenvalue weighted by Gasteiger charge is 2.29. The summed E-state index contributed by atoms with van der Waals surface area (Å²) in [5.74, 6) is 1.26. The Hall–Kier alpha value is -2.54. The van der Waals surface area contributed by atoms with Gasteiger partial charge in [-0.1, -0.05) is 0 Å². The normalized spacial score (nSPS) is 18.3. The van der Waals surface area contributed by atoms with Crippen LogP contribution in [0.5, 0.6) is 11.5 Å². The van der Waals surface area contributed by atoms with E-state index in [1.807, 2.05) is 11.0 Å². The second-order valence-electron chi connectivity index (χ2n) is 7.55. The molecule has 1 atom stereocenters. The highest BCUT2D eigenvalue weighted by atomic mass is 32.1. The summed E-state index contributed by atoms with van der Waals surface area (Å²) >= 11 is 1.60. The number of methoxy groups -OCH3 is 2. The first-order valence-electron chi connectivity index (χ1n) is 10.0. The van der Waals surface area contributed by atoms with Crippen LogP contribution >= 0.6 is 11.3 Å². The molecule has 154 valence electrons. The Bertz CT molecular complexity index is 918. The minimum atomic E-state index is -0.112. The number of hydrogen-bond donors (Lipinski definition) is 1. The molecule has 2 heterocycles. The molecular formula is C22H26N2O4S. The van der Waals surface area contributed by atoms with Crippen molar-refractivity contribution in [2.24, 2.45) is 5.92 Å². The Balaban J connectivity index is 1.44. The molecular weight excluding hydrogens is 388 g/mol. The van der Waals surface area contributed by atoms with Crippen molar-refractivity contribution in [2.75, 3.05) is 32.6 Å². The van der Waals surface area contributed by atoms with Gasteiger partial charge in [0.1, 0.15) is 11.5 Å². The van der Waals surface area contributed by atoms with Crippen LogP contribution in [0.3, 0.4) is 0 Å². The van der Waals surface area contributed by atoms with Crippen molar-refractivity contribution in [3.63, 3.8) is 0 Å². The van der Waals surface area contributed by atoms with Crippen LogP contribution in [0.4, 0.5) is 5.69 Å². The smallest absolute Gasteiger partial charge is 0.263 e. The lowest BCUT2D eigenvalue weighted by Crippen LogP contribution is -2.27. The van der Waals surface area contributed by atoms with Gasteiger partial charge in [0.2, 0.25) is 5.91 Å². The largest absolute Gasteiger partial charge is 0.497 e. The number of likely N-dealkylation sites (tertiary alicyclic amines) is 1. The molecule has 1 fully saturated rings. The standard InChI is InChI=1S/C22H26N2O4S/c1-27-16-6-7-17(18(13-16)28-2)23-21(25)14-5-8-19-15(11-14)12-20(29-19)22(26)24-9-3-4-10-24/h6-7,12-14H,3-5,8-11H2,1-2H3,(H,23,25). The van der Waals surface area contributed by atoms with Gasteiger partial charge in [0.05, 0.1) is 24.8 Å². The molecule has 0 radical (unpaired) electrons. The Labute approximate surface area is 174 Å². The minimum absolute atomic E-state index is 0.0160. The van der Waals surface area contributed by atoms with Crippen molar-refractivity contribution in [1.82, 2.24) is 4.90 Å². The van der Waals surface area contributed by atoms with E-state index in [1.54, 1.807) is 43.8 Å². The summed E-state index contributed by atoms with van der Waals surface area (Å²) in [5, 5.41) is 3.00. The predicted molar refractivity (Wildman–Crippen MR) is 113 cm³/mol. The van der Waals surface area contributed by atoms with E-state index in [9.17, 15) is 9.59 Å². The van der Waals surface area contributed by atoms with Crippen LogP contribution in [0.2, 0.25) is 0 Å². The average molecular weight is 415 g/mol. The van der Waals surface area contributed by atoms with E-state index in [4.69, 9.17) is 9.47 Å². The molecule has 1 aromatic heterocycles. The minimum Gasteiger partial charge on any atom is -0.497 e. The third-order valence-corrected chi connectivity index (χ3v) is 6.95. The number of rotatable bonds is 5. The van der Waals surface area contributed by atoms with Gasteiger partial charge in [-0.15, -0.1) is 11.3 Å². The maximum Gasteiger partial charge on any atom is 0.263 e. The van der Waals surface area contributed by atoms with Crippen molar-refractivity contribution >= 4 is 28.8 Å². The summed E-state index contributed by atoms with van der Waals surface area (Å²) in [6.07, 6.45) is 4.48. The number of amides is 2. The molecule has 4 rings (SSSR count). The summed E-state index contributed by atoms with van der Waals surface area (Å²) < 4.78 is 10.6. The predicted octanol–water partition coefficient (Wildman–Crippen LogP) is 3.74. The van der Waals surface area contributed by atoms with E-state index in [1.165, 1.54) is 4.88 Å². The molecule has 2 aliphatic rings. The van der Waals surface area contributed by atoms with Crippen molar-refractivity contribution in [1.29, 1.82) is 0 Å². The SMILES string of the molecule is COc1ccc(NC(=O)C2CCc3sc(C(=O)N4CCCC4)cc3C2)c(OC)c1. The van der Waals surface area contributed by atoms with Gasteiger partial charge in [-0.3, -0.25) is 9.59 Å². The number of hydrogen-bond acceptors (Lipinski definition) is 5. The number of aryl methyl sites for hydroxylation is 1. The van der Waals surface area contributed by atoms with E-state index < -0.39 is 0 Å². The number of carbonyl (C=O) groups excluding carboxylic acids is 2. The first-order valence-corrected chi connectivity index (χ1v) is 10.8. The van der Waals surface area contributed by atoms with Crippen LogP contribution in [0.15, 0.2) is 24.3 Å². The average Bonchev–Trinajstić information content (AvgIpc) is 3.42. The van der Waals surface area contributed by atoms with Crippen molar-refractivity contribution in [3.05, 3.63) is 39.6 Å². The van der Waals surface area contributed by atoms with Crippen LogP contribution in [-0.4, -0.2) is 44.0 Å². The van der Waals surface area contributed by atoms with E-state index in [0.29, 0.717) is 23.6 Å². The maximum absolute atomic E-state index is 12.9. The highest BCUT2D eigenvalue weighted by Crippen LogP contribution is 2.35. The molecule has 1 unspecified atom stereocenters. The number of thiophene rings is 1. The van der Waals surface area contributed by atoms with Gasteiger partial charge in [-0.25, -0.2) is 0 Å². The number of ether oxygens (including phenoxy) is 2. The number of nitrogens with zero attached hydrogens (tertiary/aromatic N) is 1. The summed E-state index contributed by atoms with van der Waals surface area (Å²) in [4.78, 5) is 29.6. The fourth-order valence-corrected chi connectivity index (χ4v) is 5.24. The Kier molecular flexibility index (Phi) is 5.76. The Morgan fingerprint density at radius 3 is 2.66 bits per heavy atom. The molecule has 0 spiro atoms. The van der Waals surface area contributed by atoms with Gasteiger partial charge < -0.3 is 19.7 Å². The molecule has 7 heteroatoms. The van der Waals surface area contributed by atoms with Gasteiger partial charge in [0, 0.05) is 30.0 Å². The van der Waals surface area contributed by atoms with Gasteiger partial charge in [-0.05, 0) is 55.9 Å². The second kappa shape index (κ2) is 8.45. The molecule has 1 saturated heterocycles. The third-order valence-electron chi connectivity index (χ3n) is 5.72. The lowest BCUT2D eigenvalue weighted by atomic mass is 9.87. The number of anilines is 1. The van der Waals surface area contributed by atoms with E-state index >= 15 is 0 Å². The molecule has 1 N–H and O–H groups in total. The Morgan fingerprint density at radius 2 is 1.93 bits per heavy atom. The number of carbonyl (C=O) groups is 2. The first kappa shape index (κ1) is 19.8. The molecule has 0 bridgehead atoms. The quantitative estimate of drug-likeness (QED) is 0.809. The first-order chi connectivity index (χ1) is 14.1. The van der Waals surface area contributed by atoms with Gasteiger partial charge >= 0.3 is 0 Å². The zero-order valence-electron chi connectivity index (χ0n) is 16.8. The van der Waals surface area contributed by atoms with E-state index in [-0.39, 0.29) is 17.7 Å². The molecule has 1 aromatic carbocycles. The van der Waals surface area contributed by atoms with Crippen LogP contribution in [0, 0.1) is 5.92 Å². The number of fused-ring (bicyclic) bond motifs is 1. The van der Waals surface area contributed by atoms with Crippen LogP contribution in [-0.2, 0) is 17.6 Å². The van der Waals surface area contributed by atoms with Gasteiger partial charge in [-0.2, -0.15) is 0 Å². The van der Waals surface area contributed by atoms with Crippen molar-refractivity contribution in [2.45, 2.75) is 32.1 Å². The molecule has 2 aromatic rings. The molecule has 0 saturated carbocycles. The van der Waals surface area contributed by atoms with Gasteiger partial charge in [0.25, 0.3) is 5.91 Å².